The highest BCUT2D eigenvalue weighted by atomic mass is 16.4. The highest BCUT2D eigenvalue weighted by Crippen LogP contribution is 2.42. The van der Waals surface area contributed by atoms with Crippen LogP contribution in [0.1, 0.15) is 24.2 Å². The molecule has 0 amide bonds. The van der Waals surface area contributed by atoms with Crippen LogP contribution in [0.25, 0.3) is 0 Å². The monoisotopic (exact) mass is 340 g/mol. The van der Waals surface area contributed by atoms with Crippen LogP contribution < -0.4 is 11.1 Å². The van der Waals surface area contributed by atoms with Gasteiger partial charge in [-0.3, -0.25) is 4.79 Å². The smallest absolute Gasteiger partial charge is 0.314 e. The predicted octanol–water partition coefficient (Wildman–Crippen LogP) is 2.03. The molecule has 25 heavy (non-hydrogen) atoms. The van der Waals surface area contributed by atoms with Crippen LogP contribution in [0, 0.1) is 18.3 Å². The Balaban J connectivity index is 1.92. The fourth-order valence-corrected chi connectivity index (χ4v) is 3.57. The van der Waals surface area contributed by atoms with Gasteiger partial charge in [0, 0.05) is 24.2 Å². The summed E-state index contributed by atoms with van der Waals surface area (Å²) in [6.45, 7) is 3.56. The van der Waals surface area contributed by atoms with Crippen molar-refractivity contribution in [2.45, 2.75) is 26.2 Å². The summed E-state index contributed by atoms with van der Waals surface area (Å²) in [5.74, 6) is -0.0234. The molecular formula is C19H24N4O2. The number of nitrogen functional groups attached to an aromatic ring is 1. The van der Waals surface area contributed by atoms with Crippen LogP contribution in [0.3, 0.4) is 0 Å². The molecule has 0 spiro atoms. The van der Waals surface area contributed by atoms with Gasteiger partial charge in [0.2, 0.25) is 0 Å². The summed E-state index contributed by atoms with van der Waals surface area (Å²) in [6, 6.07) is 0. The van der Waals surface area contributed by atoms with Gasteiger partial charge in [0.25, 0.3) is 0 Å². The molecule has 132 valence electrons. The summed E-state index contributed by atoms with van der Waals surface area (Å²) < 4.78 is 0. The molecular weight excluding hydrogens is 316 g/mol. The third-order valence-corrected chi connectivity index (χ3v) is 5.05. The molecule has 0 radical (unpaired) electrons. The van der Waals surface area contributed by atoms with E-state index in [-0.39, 0.29) is 12.3 Å². The lowest BCUT2D eigenvalue weighted by Crippen LogP contribution is -2.40. The van der Waals surface area contributed by atoms with Gasteiger partial charge < -0.3 is 16.2 Å². The van der Waals surface area contributed by atoms with Gasteiger partial charge in [-0.15, -0.1) is 0 Å². The molecule has 2 atom stereocenters. The number of nitrogens with two attached hydrogens (primary N) is 1. The normalized spacial score (nSPS) is 25.6. The Bertz CT molecular complexity index is 754. The van der Waals surface area contributed by atoms with E-state index < -0.39 is 11.4 Å². The van der Waals surface area contributed by atoms with Crippen molar-refractivity contribution in [3.63, 3.8) is 0 Å². The zero-order valence-corrected chi connectivity index (χ0v) is 14.4. The van der Waals surface area contributed by atoms with Crippen LogP contribution in [-0.4, -0.2) is 34.1 Å². The van der Waals surface area contributed by atoms with E-state index in [1.807, 2.05) is 18.2 Å². The van der Waals surface area contributed by atoms with E-state index in [9.17, 15) is 9.90 Å². The van der Waals surface area contributed by atoms with Crippen molar-refractivity contribution in [2.24, 2.45) is 11.3 Å². The number of hydrogen-bond acceptors (Lipinski definition) is 5. The van der Waals surface area contributed by atoms with E-state index >= 15 is 0 Å². The molecule has 3 rings (SSSR count). The summed E-state index contributed by atoms with van der Waals surface area (Å²) >= 11 is 0. The van der Waals surface area contributed by atoms with Crippen molar-refractivity contribution in [2.75, 3.05) is 18.8 Å². The lowest BCUT2D eigenvalue weighted by Gasteiger charge is -2.36. The van der Waals surface area contributed by atoms with E-state index in [1.54, 1.807) is 19.2 Å². The number of carboxylic acid groups (broad SMARTS) is 1. The molecule has 2 unspecified atom stereocenters. The van der Waals surface area contributed by atoms with Gasteiger partial charge in [0.05, 0.1) is 5.41 Å². The van der Waals surface area contributed by atoms with Crippen LogP contribution in [0.15, 0.2) is 42.2 Å². The first-order valence-electron chi connectivity index (χ1n) is 8.57. The average molecular weight is 340 g/mol. The number of hydrogen-bond donors (Lipinski definition) is 3. The number of anilines is 1. The molecule has 0 fully saturated rings. The number of nitrogens with zero attached hydrogens (tertiary/aromatic N) is 2. The topological polar surface area (TPSA) is 101 Å². The van der Waals surface area contributed by atoms with E-state index in [4.69, 9.17) is 5.73 Å². The number of rotatable bonds is 5. The Hall–Kier alpha value is -2.47. The molecule has 2 aliphatic rings. The number of nitrogens with one attached hydrogen (secondary N) is 1. The van der Waals surface area contributed by atoms with Gasteiger partial charge in [-0.1, -0.05) is 36.0 Å². The molecule has 0 bridgehead atoms. The van der Waals surface area contributed by atoms with Gasteiger partial charge >= 0.3 is 5.97 Å². The van der Waals surface area contributed by atoms with Crippen LogP contribution >= 0.6 is 0 Å². The van der Waals surface area contributed by atoms with E-state index in [1.165, 1.54) is 5.57 Å². The number of aromatic nitrogens is 2. The zero-order chi connectivity index (χ0) is 17.9. The van der Waals surface area contributed by atoms with Crippen molar-refractivity contribution < 1.29 is 9.90 Å². The lowest BCUT2D eigenvalue weighted by molar-refractivity contribution is -0.148. The molecule has 1 aliphatic heterocycles. The molecule has 0 saturated carbocycles. The second-order valence-corrected chi connectivity index (χ2v) is 6.72. The van der Waals surface area contributed by atoms with Crippen LogP contribution in [0.4, 0.5) is 5.82 Å². The summed E-state index contributed by atoms with van der Waals surface area (Å²) in [5, 5.41) is 13.4. The first kappa shape index (κ1) is 17.4. The van der Waals surface area contributed by atoms with E-state index in [2.05, 4.69) is 21.4 Å². The minimum absolute atomic E-state index is 0.125. The fraction of sp³-hybridized carbons (Fsp3) is 0.421. The first-order valence-corrected chi connectivity index (χ1v) is 8.57. The largest absolute Gasteiger partial charge is 0.481 e. The van der Waals surface area contributed by atoms with Crippen LogP contribution in [0.5, 0.6) is 0 Å². The Kier molecular flexibility index (Phi) is 4.99. The predicted molar refractivity (Wildman–Crippen MR) is 96.9 cm³/mol. The third kappa shape index (κ3) is 3.64. The molecule has 0 aromatic carbocycles. The Morgan fingerprint density at radius 1 is 1.48 bits per heavy atom. The molecule has 1 aliphatic carbocycles. The molecule has 1 aromatic rings. The Labute approximate surface area is 147 Å². The van der Waals surface area contributed by atoms with E-state index in [0.717, 1.165) is 25.9 Å². The van der Waals surface area contributed by atoms with Crippen molar-refractivity contribution >= 4 is 11.8 Å². The van der Waals surface area contributed by atoms with E-state index in [0.29, 0.717) is 17.2 Å². The second kappa shape index (κ2) is 7.19. The fourth-order valence-electron chi connectivity index (χ4n) is 3.57. The van der Waals surface area contributed by atoms with Crippen molar-refractivity contribution in [1.82, 2.24) is 15.3 Å². The number of allylic oxidation sites excluding steroid dienone is 3. The maximum Gasteiger partial charge on any atom is 0.314 e. The van der Waals surface area contributed by atoms with Gasteiger partial charge in [-0.2, -0.15) is 0 Å². The highest BCUT2D eigenvalue weighted by Gasteiger charge is 2.44. The van der Waals surface area contributed by atoms with Gasteiger partial charge in [-0.05, 0) is 32.7 Å². The molecule has 2 heterocycles. The van der Waals surface area contributed by atoms with Crippen LogP contribution in [-0.2, 0) is 11.2 Å². The number of aryl methyl sites for hydroxylation is 1. The molecule has 1 aromatic heterocycles. The van der Waals surface area contributed by atoms with Crippen molar-refractivity contribution in [1.29, 1.82) is 0 Å². The Morgan fingerprint density at radius 3 is 3.00 bits per heavy atom. The van der Waals surface area contributed by atoms with Gasteiger partial charge in [-0.25, -0.2) is 9.97 Å². The molecule has 6 nitrogen and oxygen atoms in total. The Morgan fingerprint density at radius 2 is 2.32 bits per heavy atom. The average Bonchev–Trinajstić information content (AvgIpc) is 2.60. The van der Waals surface area contributed by atoms with Gasteiger partial charge in [0.15, 0.2) is 0 Å². The summed E-state index contributed by atoms with van der Waals surface area (Å²) in [7, 11) is 0. The SMILES string of the molecule is Cc1ncc(CC2(C(=O)O)C=CC=CC2CC2=CCNCC2)c(N)n1. The first-order chi connectivity index (χ1) is 12.0. The number of aliphatic carboxylic acids is 1. The van der Waals surface area contributed by atoms with Crippen LogP contribution in [0.2, 0.25) is 0 Å². The maximum atomic E-state index is 12.3. The minimum Gasteiger partial charge on any atom is -0.481 e. The quantitative estimate of drug-likeness (QED) is 0.709. The molecule has 4 N–H and O–H groups in total. The molecule has 0 saturated heterocycles. The van der Waals surface area contributed by atoms with Crippen molar-refractivity contribution in [3.8, 4) is 0 Å². The minimum atomic E-state index is -1.03. The summed E-state index contributed by atoms with van der Waals surface area (Å²) in [6.07, 6.45) is 13.3. The zero-order valence-electron chi connectivity index (χ0n) is 14.4. The summed E-state index contributed by atoms with van der Waals surface area (Å²) in [4.78, 5) is 20.7. The lowest BCUT2D eigenvalue weighted by atomic mass is 9.66. The standard InChI is InChI=1S/C19H24N4O2/c1-13-22-12-15(17(20)23-13)11-19(18(24)25)7-3-2-4-16(19)10-14-5-8-21-9-6-14/h2-5,7,12,16,21H,6,8-11H2,1H3,(H,24,25)(H2,20,22,23). The highest BCUT2D eigenvalue weighted by molar-refractivity contribution is 5.79. The number of carbonyl (C=O) groups is 1. The van der Waals surface area contributed by atoms with Crippen molar-refractivity contribution in [3.05, 3.63) is 53.5 Å². The summed E-state index contributed by atoms with van der Waals surface area (Å²) in [5.41, 5.74) is 6.97. The maximum absolute atomic E-state index is 12.3. The molecule has 6 heteroatoms. The third-order valence-electron chi connectivity index (χ3n) is 5.05. The number of carboxylic acids is 1. The van der Waals surface area contributed by atoms with Gasteiger partial charge in [0.1, 0.15) is 11.6 Å². The second-order valence-electron chi connectivity index (χ2n) is 6.72.